The monoisotopic (exact) mass is 455 g/mol. The standard InChI is InChI=1S/C25H29NO7/c1-4-26-17(7-6-10-30-3)15-32-24-11-16(8-9-22(24)31-5-2)25-21(29)14-19-20(28)12-18(27)13-23(19)33-25/h4,6-9,11-13,21,25,27-29H,1,5,10,14-15H2,2-3H3/b7-6-,26-17?. The van der Waals surface area contributed by atoms with Crippen LogP contribution in [-0.4, -0.2) is 54.1 Å². The van der Waals surface area contributed by atoms with E-state index in [1.807, 2.05) is 13.0 Å². The van der Waals surface area contributed by atoms with Crippen LogP contribution in [0.5, 0.6) is 28.7 Å². The summed E-state index contributed by atoms with van der Waals surface area (Å²) in [4.78, 5) is 4.21. The molecule has 33 heavy (non-hydrogen) atoms. The number of rotatable bonds is 10. The van der Waals surface area contributed by atoms with Crippen LogP contribution in [0.4, 0.5) is 0 Å². The van der Waals surface area contributed by atoms with Crippen molar-refractivity contribution in [1.29, 1.82) is 0 Å². The molecule has 3 N–H and O–H groups in total. The van der Waals surface area contributed by atoms with E-state index in [0.29, 0.717) is 47.3 Å². The maximum Gasteiger partial charge on any atom is 0.162 e. The molecule has 0 aromatic heterocycles. The number of phenolic OH excluding ortho intramolecular Hbond substituents is 2. The molecule has 0 bridgehead atoms. The first-order chi connectivity index (χ1) is 16.0. The molecule has 2 unspecified atom stereocenters. The molecule has 2 aromatic rings. The van der Waals surface area contributed by atoms with Crippen molar-refractivity contribution in [2.24, 2.45) is 4.99 Å². The minimum Gasteiger partial charge on any atom is -0.508 e. The largest absolute Gasteiger partial charge is 0.508 e. The van der Waals surface area contributed by atoms with Crippen molar-refractivity contribution in [3.05, 3.63) is 66.4 Å². The molecule has 1 aliphatic rings. The summed E-state index contributed by atoms with van der Waals surface area (Å²) in [5.41, 5.74) is 1.75. The highest BCUT2D eigenvalue weighted by atomic mass is 16.5. The van der Waals surface area contributed by atoms with Gasteiger partial charge in [-0.15, -0.1) is 0 Å². The van der Waals surface area contributed by atoms with Gasteiger partial charge in [0.2, 0.25) is 0 Å². The van der Waals surface area contributed by atoms with E-state index in [1.165, 1.54) is 18.3 Å². The maximum atomic E-state index is 10.7. The number of fused-ring (bicyclic) bond motifs is 1. The van der Waals surface area contributed by atoms with E-state index in [0.717, 1.165) is 0 Å². The molecule has 0 saturated heterocycles. The Balaban J connectivity index is 1.86. The van der Waals surface area contributed by atoms with E-state index >= 15 is 0 Å². The van der Waals surface area contributed by atoms with Crippen molar-refractivity contribution in [2.75, 3.05) is 26.9 Å². The summed E-state index contributed by atoms with van der Waals surface area (Å²) >= 11 is 0. The van der Waals surface area contributed by atoms with Crippen molar-refractivity contribution in [2.45, 2.75) is 25.6 Å². The molecule has 0 saturated carbocycles. The number of phenols is 2. The molecule has 1 heterocycles. The zero-order valence-corrected chi connectivity index (χ0v) is 18.7. The Morgan fingerprint density at radius 3 is 2.76 bits per heavy atom. The Morgan fingerprint density at radius 2 is 2.03 bits per heavy atom. The van der Waals surface area contributed by atoms with E-state index in [9.17, 15) is 15.3 Å². The summed E-state index contributed by atoms with van der Waals surface area (Å²) in [6.45, 7) is 6.56. The molecular formula is C25H29NO7. The SMILES string of the molecule is C=CN=C(/C=C\COC)COc1cc(C2Oc3cc(O)cc(O)c3CC2O)ccc1OCC. The summed E-state index contributed by atoms with van der Waals surface area (Å²) < 4.78 is 22.7. The molecule has 0 amide bonds. The van der Waals surface area contributed by atoms with Crippen LogP contribution in [0, 0.1) is 0 Å². The Kier molecular flexibility index (Phi) is 8.34. The molecule has 2 aromatic carbocycles. The second kappa shape index (κ2) is 11.4. The number of methoxy groups -OCH3 is 1. The van der Waals surface area contributed by atoms with Gasteiger partial charge >= 0.3 is 0 Å². The number of hydrogen-bond donors (Lipinski definition) is 3. The van der Waals surface area contributed by atoms with Gasteiger partial charge in [0.25, 0.3) is 0 Å². The molecule has 176 valence electrons. The first kappa shape index (κ1) is 24.2. The summed E-state index contributed by atoms with van der Waals surface area (Å²) in [5.74, 6) is 1.09. The zero-order valence-electron chi connectivity index (χ0n) is 18.7. The van der Waals surface area contributed by atoms with Crippen molar-refractivity contribution in [3.63, 3.8) is 0 Å². The van der Waals surface area contributed by atoms with Gasteiger partial charge in [-0.1, -0.05) is 18.7 Å². The number of aliphatic imine (C=N–C) groups is 1. The van der Waals surface area contributed by atoms with Crippen molar-refractivity contribution < 1.29 is 34.3 Å². The van der Waals surface area contributed by atoms with Crippen LogP contribution >= 0.6 is 0 Å². The fourth-order valence-electron chi connectivity index (χ4n) is 3.52. The average molecular weight is 456 g/mol. The van der Waals surface area contributed by atoms with Gasteiger partial charge in [0, 0.05) is 37.4 Å². The Bertz CT molecular complexity index is 1030. The van der Waals surface area contributed by atoms with Crippen LogP contribution < -0.4 is 14.2 Å². The Labute approximate surface area is 193 Å². The van der Waals surface area contributed by atoms with Gasteiger partial charge in [-0.25, -0.2) is 0 Å². The lowest BCUT2D eigenvalue weighted by Gasteiger charge is -2.31. The highest BCUT2D eigenvalue weighted by Crippen LogP contribution is 2.43. The van der Waals surface area contributed by atoms with Crippen molar-refractivity contribution >= 4 is 5.71 Å². The van der Waals surface area contributed by atoms with Gasteiger partial charge in [-0.2, -0.15) is 0 Å². The number of nitrogens with zero attached hydrogens (tertiary/aromatic N) is 1. The molecular weight excluding hydrogens is 426 g/mol. The van der Waals surface area contributed by atoms with E-state index < -0.39 is 12.2 Å². The molecule has 0 aliphatic carbocycles. The fourth-order valence-corrected chi connectivity index (χ4v) is 3.52. The summed E-state index contributed by atoms with van der Waals surface area (Å²) in [7, 11) is 1.61. The highest BCUT2D eigenvalue weighted by molar-refractivity contribution is 5.96. The van der Waals surface area contributed by atoms with E-state index in [4.69, 9.17) is 18.9 Å². The number of aromatic hydroxyl groups is 2. The first-order valence-corrected chi connectivity index (χ1v) is 10.6. The average Bonchev–Trinajstić information content (AvgIpc) is 2.79. The molecule has 0 radical (unpaired) electrons. The molecule has 8 nitrogen and oxygen atoms in total. The minimum absolute atomic E-state index is 0.117. The smallest absolute Gasteiger partial charge is 0.162 e. The van der Waals surface area contributed by atoms with E-state index in [-0.39, 0.29) is 24.5 Å². The number of hydrogen-bond acceptors (Lipinski definition) is 8. The number of aliphatic hydroxyl groups is 1. The topological polar surface area (TPSA) is 110 Å². The van der Waals surface area contributed by atoms with Crippen LogP contribution in [0.2, 0.25) is 0 Å². The molecule has 0 fully saturated rings. The van der Waals surface area contributed by atoms with Gasteiger partial charge in [0.1, 0.15) is 30.0 Å². The zero-order chi connectivity index (χ0) is 23.8. The van der Waals surface area contributed by atoms with Crippen LogP contribution in [0.15, 0.2) is 60.3 Å². The Hall–Kier alpha value is -3.49. The lowest BCUT2D eigenvalue weighted by Crippen LogP contribution is -2.30. The minimum atomic E-state index is -0.909. The van der Waals surface area contributed by atoms with Crippen LogP contribution in [-0.2, 0) is 11.2 Å². The van der Waals surface area contributed by atoms with Gasteiger partial charge in [-0.05, 0) is 30.7 Å². The van der Waals surface area contributed by atoms with Crippen molar-refractivity contribution in [1.82, 2.24) is 0 Å². The molecule has 3 rings (SSSR count). The third kappa shape index (κ3) is 6.06. The van der Waals surface area contributed by atoms with Crippen LogP contribution in [0.3, 0.4) is 0 Å². The third-order valence-corrected chi connectivity index (χ3v) is 4.99. The van der Waals surface area contributed by atoms with Crippen LogP contribution in [0.25, 0.3) is 0 Å². The number of aliphatic hydroxyl groups excluding tert-OH is 1. The molecule has 0 spiro atoms. The van der Waals surface area contributed by atoms with Gasteiger partial charge in [0.15, 0.2) is 11.5 Å². The summed E-state index contributed by atoms with van der Waals surface area (Å²) in [6, 6.07) is 7.93. The van der Waals surface area contributed by atoms with E-state index in [2.05, 4.69) is 11.6 Å². The fraction of sp³-hybridized carbons (Fsp3) is 0.320. The van der Waals surface area contributed by atoms with E-state index in [1.54, 1.807) is 31.4 Å². The van der Waals surface area contributed by atoms with Gasteiger partial charge in [0.05, 0.1) is 25.0 Å². The van der Waals surface area contributed by atoms with Gasteiger partial charge in [-0.3, -0.25) is 4.99 Å². The quantitative estimate of drug-likeness (QED) is 0.469. The van der Waals surface area contributed by atoms with Crippen LogP contribution in [0.1, 0.15) is 24.2 Å². The molecule has 1 aliphatic heterocycles. The van der Waals surface area contributed by atoms with Gasteiger partial charge < -0.3 is 34.3 Å². The normalized spacial score (nSPS) is 18.0. The highest BCUT2D eigenvalue weighted by Gasteiger charge is 2.32. The molecule has 8 heteroatoms. The summed E-state index contributed by atoms with van der Waals surface area (Å²) in [5, 5.41) is 30.6. The van der Waals surface area contributed by atoms with Crippen molar-refractivity contribution in [3.8, 4) is 28.7 Å². The number of benzene rings is 2. The molecule has 2 atom stereocenters. The Morgan fingerprint density at radius 1 is 1.21 bits per heavy atom. The first-order valence-electron chi connectivity index (χ1n) is 10.6. The second-order valence-electron chi connectivity index (χ2n) is 7.34. The predicted molar refractivity (Wildman–Crippen MR) is 125 cm³/mol. The lowest BCUT2D eigenvalue weighted by atomic mass is 9.94. The predicted octanol–water partition coefficient (Wildman–Crippen LogP) is 3.70. The lowest BCUT2D eigenvalue weighted by molar-refractivity contribution is 0.0196. The number of ether oxygens (including phenoxy) is 4. The third-order valence-electron chi connectivity index (χ3n) is 4.99. The second-order valence-corrected chi connectivity index (χ2v) is 7.34. The summed E-state index contributed by atoms with van der Waals surface area (Å²) in [6.07, 6.45) is 3.59. The maximum absolute atomic E-state index is 10.7.